The van der Waals surface area contributed by atoms with Crippen molar-refractivity contribution in [1.82, 2.24) is 19.4 Å². The first-order valence-corrected chi connectivity index (χ1v) is 8.52. The van der Waals surface area contributed by atoms with Crippen LogP contribution in [0.2, 0.25) is 0 Å². The second-order valence-electron chi connectivity index (χ2n) is 4.38. The van der Waals surface area contributed by atoms with Gasteiger partial charge in [-0.05, 0) is 18.5 Å². The zero-order valence-corrected chi connectivity index (χ0v) is 13.1. The van der Waals surface area contributed by atoms with E-state index in [1.165, 1.54) is 10.5 Å². The van der Waals surface area contributed by atoms with Crippen molar-refractivity contribution in [2.75, 3.05) is 20.6 Å². The summed E-state index contributed by atoms with van der Waals surface area (Å²) in [4.78, 5) is 1.24. The van der Waals surface area contributed by atoms with Gasteiger partial charge in [0.25, 0.3) is 0 Å². The number of hydrogen-bond donors (Lipinski definition) is 1. The summed E-state index contributed by atoms with van der Waals surface area (Å²) in [5, 5.41) is 9.01. The Morgan fingerprint density at radius 2 is 2.30 bits per heavy atom. The van der Waals surface area contributed by atoms with Crippen LogP contribution in [0.25, 0.3) is 0 Å². The van der Waals surface area contributed by atoms with Crippen molar-refractivity contribution in [3.63, 3.8) is 0 Å². The maximum absolute atomic E-state index is 12.4. The van der Waals surface area contributed by atoms with Crippen molar-refractivity contribution in [2.45, 2.75) is 18.0 Å². The van der Waals surface area contributed by atoms with Gasteiger partial charge in [-0.1, -0.05) is 6.07 Å². The third kappa shape index (κ3) is 3.45. The summed E-state index contributed by atoms with van der Waals surface area (Å²) in [5.74, 6) is 0. The lowest BCUT2D eigenvalue weighted by atomic mass is 10.5. The van der Waals surface area contributed by atoms with E-state index in [2.05, 4.69) is 10.4 Å². The fraction of sp³-hybridized carbons (Fsp3) is 0.417. The smallest absolute Gasteiger partial charge is 0.246 e. The van der Waals surface area contributed by atoms with Crippen LogP contribution in [0.3, 0.4) is 0 Å². The largest absolute Gasteiger partial charge is 0.318 e. The molecular formula is C12H18N4O2S2. The van der Waals surface area contributed by atoms with Gasteiger partial charge in [0, 0.05) is 31.2 Å². The molecule has 0 amide bonds. The van der Waals surface area contributed by atoms with E-state index in [9.17, 15) is 8.42 Å². The number of likely N-dealkylation sites (N-methyl/N-ethyl adjacent to an activating group) is 1. The Hall–Kier alpha value is -1.22. The van der Waals surface area contributed by atoms with E-state index >= 15 is 0 Å². The molecular weight excluding hydrogens is 296 g/mol. The molecule has 0 saturated carbocycles. The molecule has 0 aromatic carbocycles. The van der Waals surface area contributed by atoms with Gasteiger partial charge in [0.1, 0.15) is 4.90 Å². The second kappa shape index (κ2) is 6.49. The highest BCUT2D eigenvalue weighted by atomic mass is 32.2. The summed E-state index contributed by atoms with van der Waals surface area (Å²) >= 11 is 1.54. The number of nitrogens with zero attached hydrogens (tertiary/aromatic N) is 3. The van der Waals surface area contributed by atoms with Crippen molar-refractivity contribution in [1.29, 1.82) is 0 Å². The van der Waals surface area contributed by atoms with Crippen LogP contribution in [0, 0.1) is 0 Å². The van der Waals surface area contributed by atoms with Crippen molar-refractivity contribution >= 4 is 21.4 Å². The van der Waals surface area contributed by atoms with Crippen LogP contribution >= 0.6 is 11.3 Å². The minimum Gasteiger partial charge on any atom is -0.318 e. The van der Waals surface area contributed by atoms with Crippen LogP contribution in [-0.2, 0) is 23.1 Å². The van der Waals surface area contributed by atoms with Gasteiger partial charge in [-0.25, -0.2) is 8.42 Å². The minimum absolute atomic E-state index is 0.229. The Morgan fingerprint density at radius 1 is 1.50 bits per heavy atom. The molecule has 0 spiro atoms. The van der Waals surface area contributed by atoms with E-state index in [0.717, 1.165) is 11.4 Å². The van der Waals surface area contributed by atoms with E-state index in [1.807, 2.05) is 24.6 Å². The first kappa shape index (κ1) is 15.2. The van der Waals surface area contributed by atoms with E-state index in [-0.39, 0.29) is 4.90 Å². The average Bonchev–Trinajstić information content (AvgIpc) is 3.07. The van der Waals surface area contributed by atoms with Crippen LogP contribution in [0.15, 0.2) is 34.8 Å². The molecule has 0 bridgehead atoms. The van der Waals surface area contributed by atoms with Crippen LogP contribution in [0.5, 0.6) is 0 Å². The summed E-state index contributed by atoms with van der Waals surface area (Å²) < 4.78 is 27.8. The highest BCUT2D eigenvalue weighted by molar-refractivity contribution is 7.89. The van der Waals surface area contributed by atoms with Crippen LogP contribution in [0.4, 0.5) is 0 Å². The number of aromatic nitrogens is 2. The quantitative estimate of drug-likeness (QED) is 0.827. The summed E-state index contributed by atoms with van der Waals surface area (Å²) in [6.45, 7) is 1.76. The number of hydrogen-bond acceptors (Lipinski definition) is 5. The average molecular weight is 314 g/mol. The summed E-state index contributed by atoms with van der Waals surface area (Å²) in [7, 11) is -0.0565. The maximum atomic E-state index is 12.4. The number of thiophene rings is 1. The molecule has 2 heterocycles. The molecule has 2 aromatic rings. The third-order valence-corrected chi connectivity index (χ3v) is 5.48. The number of sulfonamides is 1. The molecule has 8 heteroatoms. The zero-order valence-electron chi connectivity index (χ0n) is 11.5. The number of rotatable bonds is 7. The van der Waals surface area contributed by atoms with Crippen molar-refractivity contribution in [3.05, 3.63) is 34.8 Å². The third-order valence-electron chi connectivity index (χ3n) is 2.87. The molecule has 2 rings (SSSR count). The Labute approximate surface area is 123 Å². The fourth-order valence-corrected chi connectivity index (χ4v) is 3.66. The van der Waals surface area contributed by atoms with Crippen molar-refractivity contribution in [2.24, 2.45) is 0 Å². The van der Waals surface area contributed by atoms with E-state index < -0.39 is 10.0 Å². The zero-order chi connectivity index (χ0) is 14.6. The van der Waals surface area contributed by atoms with Crippen molar-refractivity contribution < 1.29 is 8.42 Å². The molecule has 0 aliphatic carbocycles. The van der Waals surface area contributed by atoms with Gasteiger partial charge in [0.2, 0.25) is 10.0 Å². The van der Waals surface area contributed by atoms with Gasteiger partial charge >= 0.3 is 0 Å². The molecule has 0 radical (unpaired) electrons. The Balaban J connectivity index is 2.10. The van der Waals surface area contributed by atoms with Gasteiger partial charge in [0.05, 0.1) is 12.7 Å². The number of nitrogens with one attached hydrogen (secondary N) is 1. The van der Waals surface area contributed by atoms with Gasteiger partial charge in [0.15, 0.2) is 0 Å². The lowest BCUT2D eigenvalue weighted by molar-refractivity contribution is 0.469. The molecule has 0 aliphatic heterocycles. The molecule has 110 valence electrons. The normalized spacial score (nSPS) is 12.2. The molecule has 0 fully saturated rings. The topological polar surface area (TPSA) is 67.2 Å². The Kier molecular flexibility index (Phi) is 4.92. The summed E-state index contributed by atoms with van der Waals surface area (Å²) in [6, 6.07) is 3.84. The summed E-state index contributed by atoms with van der Waals surface area (Å²) in [6.07, 6.45) is 2.97. The molecule has 0 unspecified atom stereocenters. The van der Waals surface area contributed by atoms with Crippen LogP contribution < -0.4 is 5.32 Å². The fourth-order valence-electron chi connectivity index (χ4n) is 1.71. The molecule has 6 nitrogen and oxygen atoms in total. The monoisotopic (exact) mass is 314 g/mol. The van der Waals surface area contributed by atoms with Gasteiger partial charge < -0.3 is 5.32 Å². The Bertz CT molecular complexity index is 634. The predicted molar refractivity (Wildman–Crippen MR) is 79.1 cm³/mol. The van der Waals surface area contributed by atoms with E-state index in [4.69, 9.17) is 0 Å². The molecule has 20 heavy (non-hydrogen) atoms. The molecule has 0 saturated heterocycles. The molecule has 0 atom stereocenters. The molecule has 0 aliphatic rings. The van der Waals surface area contributed by atoms with Gasteiger partial charge in [-0.3, -0.25) is 4.68 Å². The standard InChI is InChI=1S/C12H18N4O2S2/c1-13-5-6-16-10-12(8-14-16)20(17,18)15(2)9-11-4-3-7-19-11/h3-4,7-8,10,13H,5-6,9H2,1-2H3. The first-order valence-electron chi connectivity index (χ1n) is 6.20. The second-order valence-corrected chi connectivity index (χ2v) is 7.46. The van der Waals surface area contributed by atoms with E-state index in [1.54, 1.807) is 29.3 Å². The SMILES string of the molecule is CNCCn1cc(S(=O)(=O)N(C)Cc2cccs2)cn1. The molecule has 2 aromatic heterocycles. The lowest BCUT2D eigenvalue weighted by Crippen LogP contribution is -2.25. The molecule has 1 N–H and O–H groups in total. The highest BCUT2D eigenvalue weighted by Crippen LogP contribution is 2.18. The minimum atomic E-state index is -3.48. The first-order chi connectivity index (χ1) is 9.54. The highest BCUT2D eigenvalue weighted by Gasteiger charge is 2.22. The van der Waals surface area contributed by atoms with Crippen molar-refractivity contribution in [3.8, 4) is 0 Å². The maximum Gasteiger partial charge on any atom is 0.246 e. The summed E-state index contributed by atoms with van der Waals surface area (Å²) in [5.41, 5.74) is 0. The van der Waals surface area contributed by atoms with Gasteiger partial charge in [-0.2, -0.15) is 9.40 Å². The lowest BCUT2D eigenvalue weighted by Gasteiger charge is -2.14. The predicted octanol–water partition coefficient (Wildman–Crippen LogP) is 0.985. The Morgan fingerprint density at radius 3 is 2.95 bits per heavy atom. The van der Waals surface area contributed by atoms with Crippen LogP contribution in [-0.4, -0.2) is 43.1 Å². The van der Waals surface area contributed by atoms with E-state index in [0.29, 0.717) is 13.1 Å². The van der Waals surface area contributed by atoms with Gasteiger partial charge in [-0.15, -0.1) is 11.3 Å². The van der Waals surface area contributed by atoms with Crippen LogP contribution in [0.1, 0.15) is 4.88 Å².